The molecule has 0 aromatic heterocycles. The van der Waals surface area contributed by atoms with Crippen LogP contribution in [0.25, 0.3) is 0 Å². The molecule has 0 bridgehead atoms. The molecule has 1 aliphatic rings. The second kappa shape index (κ2) is 7.18. The zero-order valence-electron chi connectivity index (χ0n) is 12.9. The maximum Gasteiger partial charge on any atom is 0.162 e. The van der Waals surface area contributed by atoms with Gasteiger partial charge < -0.3 is 0 Å². The molecule has 0 amide bonds. The molecule has 0 N–H and O–H groups in total. The summed E-state index contributed by atoms with van der Waals surface area (Å²) in [6.07, 6.45) is 4.14. The van der Waals surface area contributed by atoms with E-state index in [0.29, 0.717) is 12.8 Å². The molecule has 2 rings (SSSR count). The average molecular weight is 272 g/mol. The lowest BCUT2D eigenvalue weighted by Gasteiger charge is -2.27. The van der Waals surface area contributed by atoms with Crippen molar-refractivity contribution in [3.8, 4) is 0 Å². The monoisotopic (exact) mass is 272 g/mol. The van der Waals surface area contributed by atoms with Gasteiger partial charge in [-0.15, -0.1) is 0 Å². The van der Waals surface area contributed by atoms with Gasteiger partial charge in [0, 0.05) is 18.4 Å². The number of benzene rings is 1. The SMILES string of the molecule is CC1=CC(=O)CC(C)(C)C1.CCC(=O)c1ccccc1. The van der Waals surface area contributed by atoms with E-state index in [-0.39, 0.29) is 17.0 Å². The molecule has 0 heterocycles. The first-order chi connectivity index (χ1) is 9.34. The van der Waals surface area contributed by atoms with Gasteiger partial charge in [-0.25, -0.2) is 0 Å². The van der Waals surface area contributed by atoms with Crippen LogP contribution in [0, 0.1) is 5.41 Å². The first kappa shape index (κ1) is 16.4. The maximum absolute atomic E-state index is 11.0. The van der Waals surface area contributed by atoms with Crippen molar-refractivity contribution in [2.75, 3.05) is 0 Å². The van der Waals surface area contributed by atoms with Crippen molar-refractivity contribution in [3.05, 3.63) is 47.5 Å². The Balaban J connectivity index is 0.000000200. The predicted octanol–water partition coefficient (Wildman–Crippen LogP) is 4.60. The fourth-order valence-corrected chi connectivity index (χ4v) is 2.49. The summed E-state index contributed by atoms with van der Waals surface area (Å²) in [7, 11) is 0. The molecule has 2 nitrogen and oxygen atoms in total. The second-order valence-corrected chi connectivity index (χ2v) is 6.12. The minimum Gasteiger partial charge on any atom is -0.295 e. The van der Waals surface area contributed by atoms with E-state index in [1.54, 1.807) is 6.08 Å². The lowest BCUT2D eigenvalue weighted by molar-refractivity contribution is -0.117. The molecule has 2 heteroatoms. The van der Waals surface area contributed by atoms with E-state index in [1.807, 2.05) is 44.2 Å². The van der Waals surface area contributed by atoms with Crippen LogP contribution in [0.2, 0.25) is 0 Å². The first-order valence-electron chi connectivity index (χ1n) is 7.12. The Morgan fingerprint density at radius 2 is 1.75 bits per heavy atom. The Morgan fingerprint density at radius 1 is 1.15 bits per heavy atom. The molecule has 0 atom stereocenters. The number of rotatable bonds is 2. The topological polar surface area (TPSA) is 34.1 Å². The van der Waals surface area contributed by atoms with Crippen LogP contribution in [0.15, 0.2) is 42.0 Å². The minimum absolute atomic E-state index is 0.204. The normalized spacial score (nSPS) is 16.8. The standard InChI is InChI=1S/C9H14O.C9H10O/c1-7-4-8(10)6-9(2,3)5-7;1-2-9(10)8-6-4-3-5-7-8/h4H,5-6H2,1-3H3;3-7H,2H2,1H3. The van der Waals surface area contributed by atoms with Crippen LogP contribution in [0.3, 0.4) is 0 Å². The average Bonchev–Trinajstić information content (AvgIpc) is 2.36. The first-order valence-corrected chi connectivity index (χ1v) is 7.12. The fraction of sp³-hybridized carbons (Fsp3) is 0.444. The largest absolute Gasteiger partial charge is 0.295 e. The van der Waals surface area contributed by atoms with Gasteiger partial charge in [0.25, 0.3) is 0 Å². The fourth-order valence-electron chi connectivity index (χ4n) is 2.49. The lowest BCUT2D eigenvalue weighted by Crippen LogP contribution is -2.20. The molecule has 0 aliphatic heterocycles. The summed E-state index contributed by atoms with van der Waals surface area (Å²) in [6.45, 7) is 8.18. The van der Waals surface area contributed by atoms with Crippen LogP contribution in [0.5, 0.6) is 0 Å². The third-order valence-electron chi connectivity index (χ3n) is 3.23. The van der Waals surface area contributed by atoms with E-state index in [2.05, 4.69) is 13.8 Å². The highest BCUT2D eigenvalue weighted by molar-refractivity contribution is 5.95. The summed E-state index contributed by atoms with van der Waals surface area (Å²) < 4.78 is 0. The molecule has 1 aliphatic carbocycles. The summed E-state index contributed by atoms with van der Waals surface area (Å²) >= 11 is 0. The number of allylic oxidation sites excluding steroid dienone is 2. The van der Waals surface area contributed by atoms with Gasteiger partial charge in [0.1, 0.15) is 0 Å². The van der Waals surface area contributed by atoms with E-state index in [1.165, 1.54) is 5.57 Å². The zero-order valence-corrected chi connectivity index (χ0v) is 12.9. The summed E-state index contributed by atoms with van der Waals surface area (Å²) in [4.78, 5) is 22.0. The highest BCUT2D eigenvalue weighted by Crippen LogP contribution is 2.32. The second-order valence-electron chi connectivity index (χ2n) is 6.12. The molecule has 0 unspecified atom stereocenters. The molecular weight excluding hydrogens is 248 g/mol. The number of hydrogen-bond donors (Lipinski definition) is 0. The smallest absolute Gasteiger partial charge is 0.162 e. The number of carbonyl (C=O) groups excluding carboxylic acids is 2. The van der Waals surface area contributed by atoms with E-state index >= 15 is 0 Å². The van der Waals surface area contributed by atoms with Crippen molar-refractivity contribution in [2.24, 2.45) is 5.41 Å². The molecule has 0 saturated carbocycles. The summed E-state index contributed by atoms with van der Waals surface area (Å²) in [5, 5.41) is 0. The van der Waals surface area contributed by atoms with Crippen LogP contribution < -0.4 is 0 Å². The van der Waals surface area contributed by atoms with Crippen LogP contribution in [0.1, 0.15) is 57.3 Å². The van der Waals surface area contributed by atoms with Gasteiger partial charge in [-0.1, -0.05) is 56.7 Å². The summed E-state index contributed by atoms with van der Waals surface area (Å²) in [5.74, 6) is 0.495. The van der Waals surface area contributed by atoms with Crippen LogP contribution in [-0.2, 0) is 4.79 Å². The number of Topliss-reactive ketones (excluding diaryl/α,β-unsaturated/α-hetero) is 1. The van der Waals surface area contributed by atoms with Gasteiger partial charge in [0.05, 0.1) is 0 Å². The molecule has 108 valence electrons. The van der Waals surface area contributed by atoms with Gasteiger partial charge >= 0.3 is 0 Å². The summed E-state index contributed by atoms with van der Waals surface area (Å²) in [5.41, 5.74) is 2.24. The highest BCUT2D eigenvalue weighted by Gasteiger charge is 2.25. The van der Waals surface area contributed by atoms with E-state index in [9.17, 15) is 9.59 Å². The van der Waals surface area contributed by atoms with Crippen molar-refractivity contribution in [2.45, 2.75) is 47.0 Å². The van der Waals surface area contributed by atoms with E-state index in [0.717, 1.165) is 12.0 Å². The Bertz CT molecular complexity index is 495. The molecule has 0 saturated heterocycles. The van der Waals surface area contributed by atoms with E-state index < -0.39 is 0 Å². The van der Waals surface area contributed by atoms with Crippen molar-refractivity contribution >= 4 is 11.6 Å². The van der Waals surface area contributed by atoms with Crippen molar-refractivity contribution < 1.29 is 9.59 Å². The molecular formula is C18H24O2. The molecule has 1 aromatic carbocycles. The molecule has 20 heavy (non-hydrogen) atoms. The van der Waals surface area contributed by atoms with Crippen molar-refractivity contribution in [3.63, 3.8) is 0 Å². The number of carbonyl (C=O) groups is 2. The van der Waals surface area contributed by atoms with Gasteiger partial charge in [-0.3, -0.25) is 9.59 Å². The molecule has 0 fully saturated rings. The Hall–Kier alpha value is -1.70. The Kier molecular flexibility index (Phi) is 5.87. The van der Waals surface area contributed by atoms with Gasteiger partial charge in [0.2, 0.25) is 0 Å². The molecule has 0 spiro atoms. The van der Waals surface area contributed by atoms with Gasteiger partial charge in [0.15, 0.2) is 11.6 Å². The van der Waals surface area contributed by atoms with Crippen LogP contribution in [0.4, 0.5) is 0 Å². The Labute approximate surface area is 121 Å². The maximum atomic E-state index is 11.0. The number of ketones is 2. The quantitative estimate of drug-likeness (QED) is 0.737. The lowest BCUT2D eigenvalue weighted by atomic mass is 9.77. The third-order valence-corrected chi connectivity index (χ3v) is 3.23. The minimum atomic E-state index is 0.204. The van der Waals surface area contributed by atoms with Crippen LogP contribution >= 0.6 is 0 Å². The van der Waals surface area contributed by atoms with E-state index in [4.69, 9.17) is 0 Å². The highest BCUT2D eigenvalue weighted by atomic mass is 16.1. The van der Waals surface area contributed by atoms with Crippen molar-refractivity contribution in [1.82, 2.24) is 0 Å². The van der Waals surface area contributed by atoms with Crippen LogP contribution in [-0.4, -0.2) is 11.6 Å². The molecule has 0 radical (unpaired) electrons. The number of hydrogen-bond acceptors (Lipinski definition) is 2. The predicted molar refractivity (Wildman–Crippen MR) is 82.8 cm³/mol. The van der Waals surface area contributed by atoms with Gasteiger partial charge in [-0.2, -0.15) is 0 Å². The third kappa shape index (κ3) is 5.52. The zero-order chi connectivity index (χ0) is 15.2. The van der Waals surface area contributed by atoms with Crippen molar-refractivity contribution in [1.29, 1.82) is 0 Å². The summed E-state index contributed by atoms with van der Waals surface area (Å²) in [6, 6.07) is 9.34. The van der Waals surface area contributed by atoms with Gasteiger partial charge in [-0.05, 0) is 24.8 Å². The molecule has 1 aromatic rings. The Morgan fingerprint density at radius 3 is 2.20 bits per heavy atom.